The first kappa shape index (κ1) is 17.0. The molecule has 132 valence electrons. The van der Waals surface area contributed by atoms with Crippen molar-refractivity contribution in [2.24, 2.45) is 0 Å². The molecule has 0 atom stereocenters. The van der Waals surface area contributed by atoms with Gasteiger partial charge in [-0.05, 0) is 47.5 Å². The lowest BCUT2D eigenvalue weighted by molar-refractivity contribution is 1.08. The van der Waals surface area contributed by atoms with Gasteiger partial charge < -0.3 is 9.97 Å². The van der Waals surface area contributed by atoms with E-state index in [1.165, 1.54) is 12.4 Å². The van der Waals surface area contributed by atoms with Crippen molar-refractivity contribution >= 4 is 11.8 Å². The highest BCUT2D eigenvalue weighted by Gasteiger charge is 2.05. The van der Waals surface area contributed by atoms with Gasteiger partial charge in [-0.2, -0.15) is 0 Å². The minimum atomic E-state index is -0.371. The summed E-state index contributed by atoms with van der Waals surface area (Å²) < 4.78 is 0. The number of nitrogens with zero attached hydrogens (tertiary/aromatic N) is 2. The van der Waals surface area contributed by atoms with E-state index >= 15 is 0 Å². The maximum atomic E-state index is 11.4. The molecular formula is C20H14N4O2S. The molecule has 2 aromatic heterocycles. The summed E-state index contributed by atoms with van der Waals surface area (Å²) in [5.41, 5.74) is 2.53. The molecule has 0 saturated heterocycles. The second-order valence-corrected chi connectivity index (χ2v) is 6.88. The summed E-state index contributed by atoms with van der Waals surface area (Å²) in [6.07, 6.45) is 2.99. The zero-order chi connectivity index (χ0) is 18.6. The zero-order valence-corrected chi connectivity index (χ0v) is 14.9. The second-order valence-electron chi connectivity index (χ2n) is 5.74. The Bertz CT molecular complexity index is 1120. The Balaban J connectivity index is 1.63. The van der Waals surface area contributed by atoms with Crippen LogP contribution in [0.3, 0.4) is 0 Å². The highest BCUT2D eigenvalue weighted by molar-refractivity contribution is 7.99. The van der Waals surface area contributed by atoms with E-state index in [1.807, 2.05) is 48.5 Å². The largest absolute Gasteiger partial charge is 0.345 e. The third-order valence-electron chi connectivity index (χ3n) is 3.87. The van der Waals surface area contributed by atoms with Crippen molar-refractivity contribution in [3.63, 3.8) is 0 Å². The van der Waals surface area contributed by atoms with Crippen LogP contribution in [0.4, 0.5) is 0 Å². The fourth-order valence-corrected chi connectivity index (χ4v) is 3.60. The van der Waals surface area contributed by atoms with Crippen LogP contribution in [0, 0.1) is 0 Å². The lowest BCUT2D eigenvalue weighted by Gasteiger charge is -2.07. The number of hydrogen-bond acceptors (Lipinski definition) is 5. The Morgan fingerprint density at radius 3 is 1.59 bits per heavy atom. The minimum Gasteiger partial charge on any atom is -0.305 e. The highest BCUT2D eigenvalue weighted by atomic mass is 32.2. The molecule has 0 aliphatic rings. The standard InChI is InChI=1S/C20H14N4O2S/c25-19-21-9-7-17(23-19)13-3-1-5-15(11-13)27-16-6-2-4-14(12-16)18-8-10-22-20(26)24-18/h1-12H,(H,21,23,25)(H,22,24,26). The van der Waals surface area contributed by atoms with E-state index in [2.05, 4.69) is 19.9 Å². The fourth-order valence-electron chi connectivity index (χ4n) is 2.66. The monoisotopic (exact) mass is 374 g/mol. The molecule has 0 fully saturated rings. The van der Waals surface area contributed by atoms with Crippen molar-refractivity contribution in [1.82, 2.24) is 19.9 Å². The van der Waals surface area contributed by atoms with Crippen molar-refractivity contribution in [3.05, 3.63) is 94.0 Å². The van der Waals surface area contributed by atoms with Crippen LogP contribution in [-0.4, -0.2) is 19.9 Å². The number of H-pyrrole nitrogens is 2. The molecule has 4 aromatic rings. The van der Waals surface area contributed by atoms with Crippen molar-refractivity contribution in [2.75, 3.05) is 0 Å². The SMILES string of the molecule is O=c1nccc(-c2cccc(Sc3cccc(-c4ccnc(=O)[nH]4)c3)c2)[nH]1. The summed E-state index contributed by atoms with van der Waals surface area (Å²) in [6.45, 7) is 0. The lowest BCUT2D eigenvalue weighted by atomic mass is 10.1. The van der Waals surface area contributed by atoms with Gasteiger partial charge in [-0.1, -0.05) is 36.0 Å². The molecule has 0 amide bonds. The van der Waals surface area contributed by atoms with Crippen LogP contribution in [0.25, 0.3) is 22.5 Å². The van der Waals surface area contributed by atoms with Crippen molar-refractivity contribution in [3.8, 4) is 22.5 Å². The van der Waals surface area contributed by atoms with Gasteiger partial charge in [0.2, 0.25) is 0 Å². The van der Waals surface area contributed by atoms with Gasteiger partial charge in [-0.25, -0.2) is 19.6 Å². The maximum absolute atomic E-state index is 11.4. The van der Waals surface area contributed by atoms with Gasteiger partial charge in [-0.15, -0.1) is 0 Å². The Hall–Kier alpha value is -3.45. The molecule has 0 bridgehead atoms. The molecule has 6 nitrogen and oxygen atoms in total. The van der Waals surface area contributed by atoms with Gasteiger partial charge in [0.25, 0.3) is 0 Å². The van der Waals surface area contributed by atoms with Gasteiger partial charge in [0.05, 0.1) is 11.4 Å². The maximum Gasteiger partial charge on any atom is 0.345 e. The number of aromatic nitrogens is 4. The molecule has 4 rings (SSSR count). The molecule has 0 aliphatic carbocycles. The van der Waals surface area contributed by atoms with Crippen LogP contribution >= 0.6 is 11.8 Å². The van der Waals surface area contributed by atoms with Crippen molar-refractivity contribution in [1.29, 1.82) is 0 Å². The average molecular weight is 374 g/mol. The molecule has 2 heterocycles. The summed E-state index contributed by atoms with van der Waals surface area (Å²) in [6, 6.07) is 19.3. The van der Waals surface area contributed by atoms with Crippen LogP contribution in [0.5, 0.6) is 0 Å². The van der Waals surface area contributed by atoms with E-state index in [9.17, 15) is 9.59 Å². The molecule has 0 spiro atoms. The van der Waals surface area contributed by atoms with E-state index in [-0.39, 0.29) is 11.4 Å². The van der Waals surface area contributed by atoms with Crippen LogP contribution in [0.2, 0.25) is 0 Å². The summed E-state index contributed by atoms with van der Waals surface area (Å²) in [5.74, 6) is 0. The van der Waals surface area contributed by atoms with Crippen LogP contribution < -0.4 is 11.4 Å². The van der Waals surface area contributed by atoms with E-state index in [0.29, 0.717) is 0 Å². The normalized spacial score (nSPS) is 10.7. The summed E-state index contributed by atoms with van der Waals surface area (Å²) in [4.78, 5) is 37.7. The second kappa shape index (κ2) is 7.43. The Morgan fingerprint density at radius 2 is 1.15 bits per heavy atom. The quantitative estimate of drug-likeness (QED) is 0.572. The molecule has 2 N–H and O–H groups in total. The molecule has 0 aliphatic heterocycles. The lowest BCUT2D eigenvalue weighted by Crippen LogP contribution is -2.09. The van der Waals surface area contributed by atoms with Gasteiger partial charge >= 0.3 is 11.4 Å². The van der Waals surface area contributed by atoms with Crippen LogP contribution in [-0.2, 0) is 0 Å². The molecular weight excluding hydrogens is 360 g/mol. The number of nitrogens with one attached hydrogen (secondary N) is 2. The summed E-state index contributed by atoms with van der Waals surface area (Å²) in [7, 11) is 0. The Kier molecular flexibility index (Phi) is 4.67. The molecule has 27 heavy (non-hydrogen) atoms. The van der Waals surface area contributed by atoms with Gasteiger partial charge in [0.15, 0.2) is 0 Å². The van der Waals surface area contributed by atoms with Crippen LogP contribution in [0.1, 0.15) is 0 Å². The van der Waals surface area contributed by atoms with E-state index in [0.717, 1.165) is 32.3 Å². The predicted molar refractivity (Wildman–Crippen MR) is 105 cm³/mol. The van der Waals surface area contributed by atoms with Crippen molar-refractivity contribution in [2.45, 2.75) is 9.79 Å². The molecule has 0 unspecified atom stereocenters. The Morgan fingerprint density at radius 1 is 0.667 bits per heavy atom. The first-order chi connectivity index (χ1) is 13.2. The zero-order valence-electron chi connectivity index (χ0n) is 14.0. The van der Waals surface area contributed by atoms with Crippen LogP contribution in [0.15, 0.2) is 92.4 Å². The highest BCUT2D eigenvalue weighted by Crippen LogP contribution is 2.32. The van der Waals surface area contributed by atoms with Gasteiger partial charge in [0.1, 0.15) is 0 Å². The first-order valence-electron chi connectivity index (χ1n) is 8.17. The third-order valence-corrected chi connectivity index (χ3v) is 4.85. The summed E-state index contributed by atoms with van der Waals surface area (Å²) in [5, 5.41) is 0. The molecule has 2 aromatic carbocycles. The number of hydrogen-bond donors (Lipinski definition) is 2. The minimum absolute atomic E-state index is 0.371. The van der Waals surface area contributed by atoms with Crippen molar-refractivity contribution < 1.29 is 0 Å². The smallest absolute Gasteiger partial charge is 0.305 e. The van der Waals surface area contributed by atoms with E-state index < -0.39 is 0 Å². The first-order valence-corrected chi connectivity index (χ1v) is 8.98. The summed E-state index contributed by atoms with van der Waals surface area (Å²) >= 11 is 1.60. The molecule has 0 saturated carbocycles. The van der Waals surface area contributed by atoms with Gasteiger partial charge in [-0.3, -0.25) is 0 Å². The van der Waals surface area contributed by atoms with Gasteiger partial charge in [0, 0.05) is 22.2 Å². The third kappa shape index (κ3) is 4.04. The molecule has 0 radical (unpaired) electrons. The number of rotatable bonds is 4. The topological polar surface area (TPSA) is 91.5 Å². The van der Waals surface area contributed by atoms with E-state index in [4.69, 9.17) is 0 Å². The fraction of sp³-hybridized carbons (Fsp3) is 0. The number of aromatic amines is 2. The average Bonchev–Trinajstić information content (AvgIpc) is 2.68. The molecule has 7 heteroatoms. The predicted octanol–water partition coefficient (Wildman–Crippen LogP) is 3.34. The van der Waals surface area contributed by atoms with E-state index in [1.54, 1.807) is 23.9 Å². The Labute approximate surface area is 158 Å². The number of benzene rings is 2.